The van der Waals surface area contributed by atoms with Gasteiger partial charge in [0.15, 0.2) is 0 Å². The third-order valence-corrected chi connectivity index (χ3v) is 9.82. The van der Waals surface area contributed by atoms with E-state index < -0.39 is 8.07 Å². The van der Waals surface area contributed by atoms with Crippen molar-refractivity contribution >= 4 is 25.5 Å². The van der Waals surface area contributed by atoms with E-state index >= 15 is 0 Å². The second kappa shape index (κ2) is 13.9. The molecular weight excluding hydrogens is 320 g/mol. The third kappa shape index (κ3) is 11.6. The molecule has 0 unspecified atom stereocenters. The van der Waals surface area contributed by atoms with Crippen LogP contribution in [0.3, 0.4) is 0 Å². The van der Waals surface area contributed by atoms with Gasteiger partial charge in [0.1, 0.15) is 13.9 Å². The van der Waals surface area contributed by atoms with Crippen LogP contribution in [0.15, 0.2) is 11.1 Å². The first kappa shape index (κ1) is 22.5. The summed E-state index contributed by atoms with van der Waals surface area (Å²) in [5.74, 6) is 3.55. The summed E-state index contributed by atoms with van der Waals surface area (Å²) in [5, 5.41) is 0.903. The highest BCUT2D eigenvalue weighted by Crippen LogP contribution is 2.19. The summed E-state index contributed by atoms with van der Waals surface area (Å²) in [6.45, 7) is 8.49. The van der Waals surface area contributed by atoms with Crippen molar-refractivity contribution in [1.82, 2.24) is 0 Å². The first-order valence-electron chi connectivity index (χ1n) is 9.36. The van der Waals surface area contributed by atoms with Crippen LogP contribution in [0.25, 0.3) is 0 Å². The largest absolute Gasteiger partial charge is 0.300 e. The number of halogens is 1. The SMILES string of the molecule is CC[Si](C#C/C=C(\Cl)CCCCCCCCC(C)=O)(CC)CC. The van der Waals surface area contributed by atoms with Gasteiger partial charge in [-0.25, -0.2) is 0 Å². The number of hydrogen-bond acceptors (Lipinski definition) is 1. The number of carbonyl (C=O) groups is 1. The molecular formula is C20H35ClOSi. The van der Waals surface area contributed by atoms with Crippen molar-refractivity contribution in [2.75, 3.05) is 0 Å². The van der Waals surface area contributed by atoms with Crippen LogP contribution in [0, 0.1) is 11.5 Å². The molecule has 0 rings (SSSR count). The topological polar surface area (TPSA) is 17.1 Å². The fourth-order valence-corrected chi connectivity index (χ4v) is 5.33. The van der Waals surface area contributed by atoms with Crippen LogP contribution in [-0.2, 0) is 4.79 Å². The summed E-state index contributed by atoms with van der Waals surface area (Å²) in [4.78, 5) is 10.8. The number of Topliss-reactive ketones (excluding diaryl/α,β-unsaturated/α-hetero) is 1. The van der Waals surface area contributed by atoms with Crippen molar-refractivity contribution < 1.29 is 4.79 Å². The van der Waals surface area contributed by atoms with Gasteiger partial charge in [-0.15, -0.1) is 5.54 Å². The number of allylic oxidation sites excluding steroid dienone is 2. The van der Waals surface area contributed by atoms with Gasteiger partial charge in [-0.05, 0) is 44.3 Å². The standard InChI is InChI=1S/C20H35ClOSi/c1-5-23(6-2,7-3)18-14-17-20(21)16-13-11-9-8-10-12-15-19(4)22/h17H,5-13,15-16H2,1-4H3/b20-17-. The van der Waals surface area contributed by atoms with Gasteiger partial charge in [0.25, 0.3) is 0 Å². The first-order chi connectivity index (χ1) is 11.0. The Hall–Kier alpha value is -0.523. The highest BCUT2D eigenvalue weighted by Gasteiger charge is 2.23. The van der Waals surface area contributed by atoms with Crippen molar-refractivity contribution in [1.29, 1.82) is 0 Å². The van der Waals surface area contributed by atoms with Crippen molar-refractivity contribution in [3.05, 3.63) is 11.1 Å². The van der Waals surface area contributed by atoms with Crippen LogP contribution in [0.5, 0.6) is 0 Å². The number of ketones is 1. The van der Waals surface area contributed by atoms with Gasteiger partial charge < -0.3 is 4.79 Å². The molecule has 0 aromatic rings. The molecule has 0 fully saturated rings. The maximum atomic E-state index is 10.8. The molecule has 0 saturated heterocycles. The Morgan fingerprint density at radius 1 is 0.913 bits per heavy atom. The predicted octanol–water partition coefficient (Wildman–Crippen LogP) is 6.87. The summed E-state index contributed by atoms with van der Waals surface area (Å²) in [6, 6.07) is 3.71. The molecule has 0 amide bonds. The molecule has 0 aromatic heterocycles. The zero-order valence-corrected chi connectivity index (χ0v) is 17.4. The molecule has 1 nitrogen and oxygen atoms in total. The van der Waals surface area contributed by atoms with Gasteiger partial charge in [-0.2, -0.15) is 0 Å². The third-order valence-electron chi connectivity index (χ3n) is 4.79. The van der Waals surface area contributed by atoms with E-state index in [1.807, 2.05) is 6.08 Å². The number of unbranched alkanes of at least 4 members (excludes halogenated alkanes) is 5. The Kier molecular flexibility index (Phi) is 13.6. The van der Waals surface area contributed by atoms with Gasteiger partial charge in [-0.3, -0.25) is 0 Å². The molecule has 132 valence electrons. The van der Waals surface area contributed by atoms with E-state index in [0.717, 1.165) is 30.7 Å². The highest BCUT2D eigenvalue weighted by atomic mass is 35.5. The van der Waals surface area contributed by atoms with E-state index in [4.69, 9.17) is 11.6 Å². The van der Waals surface area contributed by atoms with Crippen molar-refractivity contribution in [3.8, 4) is 11.5 Å². The Labute approximate surface area is 150 Å². The minimum atomic E-state index is -1.34. The van der Waals surface area contributed by atoms with E-state index in [1.165, 1.54) is 43.8 Å². The highest BCUT2D eigenvalue weighted by molar-refractivity contribution is 6.87. The maximum absolute atomic E-state index is 10.8. The van der Waals surface area contributed by atoms with E-state index in [2.05, 4.69) is 32.2 Å². The van der Waals surface area contributed by atoms with Crippen LogP contribution < -0.4 is 0 Å². The van der Waals surface area contributed by atoms with Gasteiger partial charge >= 0.3 is 0 Å². The van der Waals surface area contributed by atoms with Gasteiger partial charge in [0, 0.05) is 17.5 Å². The van der Waals surface area contributed by atoms with Crippen LogP contribution in [-0.4, -0.2) is 13.9 Å². The lowest BCUT2D eigenvalue weighted by molar-refractivity contribution is -0.117. The summed E-state index contributed by atoms with van der Waals surface area (Å²) in [5.41, 5.74) is 3.55. The Morgan fingerprint density at radius 3 is 1.87 bits per heavy atom. The fraction of sp³-hybridized carbons (Fsp3) is 0.750. The molecule has 0 atom stereocenters. The van der Waals surface area contributed by atoms with Crippen LogP contribution in [0.1, 0.15) is 79.1 Å². The maximum Gasteiger partial charge on any atom is 0.138 e. The molecule has 0 spiro atoms. The first-order valence-corrected chi connectivity index (χ1v) is 12.4. The number of hydrogen-bond donors (Lipinski definition) is 0. The van der Waals surface area contributed by atoms with Gasteiger partial charge in [0.05, 0.1) is 0 Å². The lowest BCUT2D eigenvalue weighted by Gasteiger charge is -2.19. The van der Waals surface area contributed by atoms with Crippen LogP contribution in [0.2, 0.25) is 18.1 Å². The minimum Gasteiger partial charge on any atom is -0.300 e. The molecule has 0 radical (unpaired) electrons. The predicted molar refractivity (Wildman–Crippen MR) is 107 cm³/mol. The van der Waals surface area contributed by atoms with E-state index in [1.54, 1.807) is 6.92 Å². The fourth-order valence-electron chi connectivity index (χ4n) is 2.73. The summed E-state index contributed by atoms with van der Waals surface area (Å²) < 4.78 is 0. The van der Waals surface area contributed by atoms with Gasteiger partial charge in [-0.1, -0.05) is 64.0 Å². The summed E-state index contributed by atoms with van der Waals surface area (Å²) >= 11 is 6.27. The van der Waals surface area contributed by atoms with Crippen LogP contribution >= 0.6 is 11.6 Å². The molecule has 0 N–H and O–H groups in total. The van der Waals surface area contributed by atoms with E-state index in [-0.39, 0.29) is 0 Å². The second-order valence-electron chi connectivity index (χ2n) is 6.52. The van der Waals surface area contributed by atoms with E-state index in [9.17, 15) is 4.79 Å². The lowest BCUT2D eigenvalue weighted by Crippen LogP contribution is -2.29. The Morgan fingerprint density at radius 2 is 1.39 bits per heavy atom. The molecule has 23 heavy (non-hydrogen) atoms. The molecule has 0 aliphatic heterocycles. The molecule has 3 heteroatoms. The number of rotatable bonds is 12. The Bertz CT molecular complexity index is 405. The monoisotopic (exact) mass is 354 g/mol. The molecule has 0 saturated carbocycles. The summed E-state index contributed by atoms with van der Waals surface area (Å²) in [7, 11) is -1.34. The molecule has 0 aliphatic rings. The average molecular weight is 355 g/mol. The zero-order valence-electron chi connectivity index (χ0n) is 15.6. The lowest BCUT2D eigenvalue weighted by atomic mass is 10.1. The second-order valence-corrected chi connectivity index (χ2v) is 11.9. The smallest absolute Gasteiger partial charge is 0.138 e. The van der Waals surface area contributed by atoms with Crippen molar-refractivity contribution in [2.45, 2.75) is 97.2 Å². The minimum absolute atomic E-state index is 0.310. The molecule has 0 aromatic carbocycles. The number of carbonyl (C=O) groups excluding carboxylic acids is 1. The molecule has 0 heterocycles. The molecule has 0 aliphatic carbocycles. The summed E-state index contributed by atoms with van der Waals surface area (Å²) in [6.07, 6.45) is 10.7. The average Bonchev–Trinajstić information content (AvgIpc) is 2.54. The van der Waals surface area contributed by atoms with Crippen molar-refractivity contribution in [2.24, 2.45) is 0 Å². The van der Waals surface area contributed by atoms with E-state index in [0.29, 0.717) is 5.78 Å². The molecule has 0 bridgehead atoms. The zero-order chi connectivity index (χ0) is 17.6. The van der Waals surface area contributed by atoms with Crippen LogP contribution in [0.4, 0.5) is 0 Å². The Balaban J connectivity index is 3.90. The van der Waals surface area contributed by atoms with Crippen molar-refractivity contribution in [3.63, 3.8) is 0 Å². The van der Waals surface area contributed by atoms with Gasteiger partial charge in [0.2, 0.25) is 0 Å². The normalized spacial score (nSPS) is 12.0. The quantitative estimate of drug-likeness (QED) is 0.212.